The third kappa shape index (κ3) is 4.31. The zero-order valence-electron chi connectivity index (χ0n) is 18.0. The molecule has 2 aromatic carbocycles. The maximum atomic E-state index is 5.56. The third-order valence-corrected chi connectivity index (χ3v) is 5.76. The van der Waals surface area contributed by atoms with Crippen molar-refractivity contribution in [3.63, 3.8) is 0 Å². The Balaban J connectivity index is 1.50. The van der Waals surface area contributed by atoms with Gasteiger partial charge in [-0.2, -0.15) is 0 Å². The van der Waals surface area contributed by atoms with Crippen LogP contribution >= 0.6 is 0 Å². The monoisotopic (exact) mass is 406 g/mol. The van der Waals surface area contributed by atoms with Crippen LogP contribution in [0.4, 0.5) is 5.69 Å². The highest BCUT2D eigenvalue weighted by atomic mass is 16.5. The predicted octanol–water partition coefficient (Wildman–Crippen LogP) is 3.25. The highest BCUT2D eigenvalue weighted by Gasteiger charge is 2.32. The van der Waals surface area contributed by atoms with Gasteiger partial charge in [-0.1, -0.05) is 56.3 Å². The predicted molar refractivity (Wildman–Crippen MR) is 118 cm³/mol. The first-order chi connectivity index (χ1) is 14.7. The first-order valence-corrected chi connectivity index (χ1v) is 10.6. The quantitative estimate of drug-likeness (QED) is 0.600. The molecule has 0 amide bonds. The Morgan fingerprint density at radius 3 is 2.33 bits per heavy atom. The number of ether oxygens (including phenoxy) is 1. The van der Waals surface area contributed by atoms with Crippen LogP contribution < -0.4 is 9.64 Å². The van der Waals surface area contributed by atoms with Gasteiger partial charge in [0.1, 0.15) is 5.75 Å². The summed E-state index contributed by atoms with van der Waals surface area (Å²) in [6.07, 6.45) is 0. The maximum absolute atomic E-state index is 5.56. The Kier molecular flexibility index (Phi) is 6.28. The zero-order chi connectivity index (χ0) is 20.9. The van der Waals surface area contributed by atoms with Crippen LogP contribution in [0, 0.1) is 5.92 Å². The van der Waals surface area contributed by atoms with E-state index in [0.717, 1.165) is 43.4 Å². The molecule has 0 spiro atoms. The second-order valence-electron chi connectivity index (χ2n) is 8.06. The van der Waals surface area contributed by atoms with Crippen LogP contribution in [0.1, 0.15) is 31.3 Å². The van der Waals surface area contributed by atoms with Crippen LogP contribution in [-0.4, -0.2) is 58.4 Å². The van der Waals surface area contributed by atoms with Gasteiger partial charge in [-0.3, -0.25) is 4.90 Å². The van der Waals surface area contributed by atoms with Gasteiger partial charge in [-0.25, -0.2) is 4.68 Å². The molecule has 1 aromatic heterocycles. The number of piperazine rings is 1. The molecule has 158 valence electrons. The molecule has 1 saturated heterocycles. The molecule has 2 heterocycles. The Morgan fingerprint density at radius 2 is 1.63 bits per heavy atom. The van der Waals surface area contributed by atoms with Crippen LogP contribution in [0.25, 0.3) is 0 Å². The third-order valence-electron chi connectivity index (χ3n) is 5.76. The van der Waals surface area contributed by atoms with Crippen molar-refractivity contribution in [2.75, 3.05) is 38.2 Å². The van der Waals surface area contributed by atoms with E-state index in [1.807, 2.05) is 22.9 Å². The summed E-state index contributed by atoms with van der Waals surface area (Å²) in [7, 11) is 1.73. The molecule has 0 bridgehead atoms. The number of anilines is 1. The van der Waals surface area contributed by atoms with Crippen molar-refractivity contribution in [1.82, 2.24) is 25.1 Å². The smallest absolute Gasteiger partial charge is 0.169 e. The second-order valence-corrected chi connectivity index (χ2v) is 8.06. The van der Waals surface area contributed by atoms with Crippen molar-refractivity contribution in [2.45, 2.75) is 26.4 Å². The minimum absolute atomic E-state index is 0.184. The van der Waals surface area contributed by atoms with Crippen molar-refractivity contribution < 1.29 is 4.74 Å². The van der Waals surface area contributed by atoms with E-state index in [1.165, 1.54) is 5.56 Å². The molecule has 1 aliphatic heterocycles. The van der Waals surface area contributed by atoms with Crippen LogP contribution in [0.15, 0.2) is 54.6 Å². The fraction of sp³-hybridized carbons (Fsp3) is 0.435. The number of rotatable bonds is 7. The zero-order valence-corrected chi connectivity index (χ0v) is 18.0. The number of tetrazole rings is 1. The lowest BCUT2D eigenvalue weighted by atomic mass is 10.0. The summed E-state index contributed by atoms with van der Waals surface area (Å²) < 4.78 is 7.51. The molecule has 0 saturated carbocycles. The molecule has 30 heavy (non-hydrogen) atoms. The Hall–Kier alpha value is -2.93. The van der Waals surface area contributed by atoms with Crippen molar-refractivity contribution >= 4 is 5.69 Å². The molecule has 1 aliphatic rings. The Labute approximate surface area is 178 Å². The number of benzene rings is 2. The standard InChI is InChI=1S/C23H30N6O/c1-18(2)22(23-24-25-26-29(23)17-19-9-5-4-6-10-19)28-15-13-27(14-16-28)20-11-7-8-12-21(20)30-3/h4-12,18,22H,13-17H2,1-3H3/t22-/m0/s1. The first-order valence-electron chi connectivity index (χ1n) is 10.6. The molecular formula is C23H30N6O. The molecule has 0 aliphatic carbocycles. The van der Waals surface area contributed by atoms with Gasteiger partial charge >= 0.3 is 0 Å². The number of para-hydroxylation sites is 2. The lowest BCUT2D eigenvalue weighted by Gasteiger charge is -2.41. The summed E-state index contributed by atoms with van der Waals surface area (Å²) >= 11 is 0. The van der Waals surface area contributed by atoms with E-state index >= 15 is 0 Å². The minimum Gasteiger partial charge on any atom is -0.495 e. The van der Waals surface area contributed by atoms with Gasteiger partial charge < -0.3 is 9.64 Å². The van der Waals surface area contributed by atoms with Gasteiger partial charge in [-0.05, 0) is 34.0 Å². The van der Waals surface area contributed by atoms with Crippen molar-refractivity contribution in [1.29, 1.82) is 0 Å². The molecule has 7 heteroatoms. The summed E-state index contributed by atoms with van der Waals surface area (Å²) in [5, 5.41) is 12.7. The van der Waals surface area contributed by atoms with E-state index in [-0.39, 0.29) is 6.04 Å². The lowest BCUT2D eigenvalue weighted by Crippen LogP contribution is -2.49. The van der Waals surface area contributed by atoms with E-state index in [0.29, 0.717) is 12.5 Å². The van der Waals surface area contributed by atoms with E-state index < -0.39 is 0 Å². The van der Waals surface area contributed by atoms with Gasteiger partial charge in [0, 0.05) is 26.2 Å². The van der Waals surface area contributed by atoms with E-state index in [4.69, 9.17) is 4.74 Å². The molecule has 3 aromatic rings. The van der Waals surface area contributed by atoms with Crippen LogP contribution in [-0.2, 0) is 6.54 Å². The average Bonchev–Trinajstić information content (AvgIpc) is 3.22. The highest BCUT2D eigenvalue weighted by molar-refractivity contribution is 5.58. The average molecular weight is 407 g/mol. The van der Waals surface area contributed by atoms with Gasteiger partial charge in [0.2, 0.25) is 0 Å². The SMILES string of the molecule is COc1ccccc1N1CCN([C@H](c2nnnn2Cc2ccccc2)C(C)C)CC1. The van der Waals surface area contributed by atoms with Gasteiger partial charge in [0.15, 0.2) is 5.82 Å². The van der Waals surface area contributed by atoms with Gasteiger partial charge in [-0.15, -0.1) is 5.10 Å². The summed E-state index contributed by atoms with van der Waals surface area (Å²) in [5.41, 5.74) is 2.37. The molecule has 0 N–H and O–H groups in total. The molecule has 1 fully saturated rings. The Morgan fingerprint density at radius 1 is 0.933 bits per heavy atom. The first kappa shape index (κ1) is 20.3. The number of aromatic nitrogens is 4. The number of methoxy groups -OCH3 is 1. The number of hydrogen-bond acceptors (Lipinski definition) is 6. The largest absolute Gasteiger partial charge is 0.495 e. The van der Waals surface area contributed by atoms with Crippen molar-refractivity contribution in [3.05, 3.63) is 66.0 Å². The fourth-order valence-electron chi connectivity index (χ4n) is 4.31. The maximum Gasteiger partial charge on any atom is 0.169 e. The molecular weight excluding hydrogens is 376 g/mol. The molecule has 7 nitrogen and oxygen atoms in total. The molecule has 0 radical (unpaired) electrons. The van der Waals surface area contributed by atoms with Crippen molar-refractivity contribution in [2.24, 2.45) is 5.92 Å². The summed E-state index contributed by atoms with van der Waals surface area (Å²) in [6.45, 7) is 9.00. The highest BCUT2D eigenvalue weighted by Crippen LogP contribution is 2.32. The fourth-order valence-corrected chi connectivity index (χ4v) is 4.31. The van der Waals surface area contributed by atoms with Gasteiger partial charge in [0.05, 0.1) is 25.4 Å². The minimum atomic E-state index is 0.184. The molecule has 1 atom stereocenters. The van der Waals surface area contributed by atoms with E-state index in [9.17, 15) is 0 Å². The Bertz CT molecular complexity index is 934. The van der Waals surface area contributed by atoms with Crippen molar-refractivity contribution in [3.8, 4) is 5.75 Å². The van der Waals surface area contributed by atoms with E-state index in [2.05, 4.69) is 75.6 Å². The normalized spacial score (nSPS) is 16.1. The van der Waals surface area contributed by atoms with Crippen LogP contribution in [0.2, 0.25) is 0 Å². The molecule has 4 rings (SSSR count). The van der Waals surface area contributed by atoms with Crippen LogP contribution in [0.5, 0.6) is 5.75 Å². The second kappa shape index (κ2) is 9.26. The number of nitrogens with zero attached hydrogens (tertiary/aromatic N) is 6. The van der Waals surface area contributed by atoms with Crippen LogP contribution in [0.3, 0.4) is 0 Å². The van der Waals surface area contributed by atoms with E-state index in [1.54, 1.807) is 7.11 Å². The lowest BCUT2D eigenvalue weighted by molar-refractivity contribution is 0.135. The summed E-state index contributed by atoms with van der Waals surface area (Å²) in [6, 6.07) is 18.8. The summed E-state index contributed by atoms with van der Waals surface area (Å²) in [5.74, 6) is 2.28. The topological polar surface area (TPSA) is 59.3 Å². The number of hydrogen-bond donors (Lipinski definition) is 0. The van der Waals surface area contributed by atoms with Gasteiger partial charge in [0.25, 0.3) is 0 Å². The summed E-state index contributed by atoms with van der Waals surface area (Å²) in [4.78, 5) is 4.92. The molecule has 0 unspecified atom stereocenters.